The quantitative estimate of drug-likeness (QED) is 0.875. The van der Waals surface area contributed by atoms with Crippen molar-refractivity contribution < 1.29 is 5.11 Å². The first-order valence-corrected chi connectivity index (χ1v) is 6.75. The number of nitrogens with zero attached hydrogens (tertiary/aromatic N) is 2. The van der Waals surface area contributed by atoms with Crippen LogP contribution in [0.4, 0.5) is 0 Å². The molecule has 2 rings (SSSR count). The van der Waals surface area contributed by atoms with Crippen molar-refractivity contribution in [2.75, 3.05) is 0 Å². The van der Waals surface area contributed by atoms with Crippen molar-refractivity contribution in [3.8, 4) is 0 Å². The molecule has 1 heterocycles. The monoisotopic (exact) mass is 236 g/mol. The van der Waals surface area contributed by atoms with Gasteiger partial charge in [0, 0.05) is 18.3 Å². The maximum Gasteiger partial charge on any atom is 0.0853 e. The molecular weight excluding hydrogens is 212 g/mol. The van der Waals surface area contributed by atoms with E-state index in [1.807, 2.05) is 17.1 Å². The van der Waals surface area contributed by atoms with Crippen molar-refractivity contribution in [1.29, 1.82) is 0 Å². The van der Waals surface area contributed by atoms with Gasteiger partial charge in [0.15, 0.2) is 0 Å². The molecule has 0 radical (unpaired) electrons. The number of aromatic nitrogens is 2. The SMILES string of the molecule is CCn1cc(C(O)C2CCCCC2(C)C)cn1. The summed E-state index contributed by atoms with van der Waals surface area (Å²) < 4.78 is 1.88. The first-order chi connectivity index (χ1) is 8.04. The van der Waals surface area contributed by atoms with Gasteiger partial charge in [-0.15, -0.1) is 0 Å². The van der Waals surface area contributed by atoms with E-state index in [0.29, 0.717) is 5.92 Å². The molecule has 0 saturated heterocycles. The van der Waals surface area contributed by atoms with Gasteiger partial charge in [0.05, 0.1) is 12.3 Å². The highest BCUT2D eigenvalue weighted by Gasteiger charge is 2.37. The molecule has 0 spiro atoms. The summed E-state index contributed by atoms with van der Waals surface area (Å²) in [6.45, 7) is 7.49. The first kappa shape index (κ1) is 12.6. The molecule has 0 bridgehead atoms. The Morgan fingerprint density at radius 1 is 1.53 bits per heavy atom. The van der Waals surface area contributed by atoms with Gasteiger partial charge in [0.2, 0.25) is 0 Å². The summed E-state index contributed by atoms with van der Waals surface area (Å²) in [5, 5.41) is 14.8. The van der Waals surface area contributed by atoms with Crippen LogP contribution in [0.15, 0.2) is 12.4 Å². The average molecular weight is 236 g/mol. The van der Waals surface area contributed by atoms with Gasteiger partial charge in [-0.2, -0.15) is 5.10 Å². The third-order valence-electron chi connectivity index (χ3n) is 4.29. The normalized spacial score (nSPS) is 25.8. The summed E-state index contributed by atoms with van der Waals surface area (Å²) in [6, 6.07) is 0. The lowest BCUT2D eigenvalue weighted by Gasteiger charge is -2.41. The van der Waals surface area contributed by atoms with Gasteiger partial charge in [-0.05, 0) is 31.1 Å². The smallest absolute Gasteiger partial charge is 0.0853 e. The zero-order chi connectivity index (χ0) is 12.5. The number of aliphatic hydroxyl groups is 1. The molecule has 0 amide bonds. The number of aliphatic hydroxyl groups excluding tert-OH is 1. The molecule has 1 aliphatic rings. The van der Waals surface area contributed by atoms with Crippen LogP contribution in [-0.4, -0.2) is 14.9 Å². The molecule has 0 aliphatic heterocycles. The van der Waals surface area contributed by atoms with E-state index in [1.165, 1.54) is 19.3 Å². The Balaban J connectivity index is 2.15. The topological polar surface area (TPSA) is 38.0 Å². The van der Waals surface area contributed by atoms with E-state index in [1.54, 1.807) is 0 Å². The number of hydrogen-bond donors (Lipinski definition) is 1. The Morgan fingerprint density at radius 3 is 2.88 bits per heavy atom. The van der Waals surface area contributed by atoms with E-state index in [4.69, 9.17) is 0 Å². The summed E-state index contributed by atoms with van der Waals surface area (Å²) in [5.41, 5.74) is 1.22. The fraction of sp³-hybridized carbons (Fsp3) is 0.786. The van der Waals surface area contributed by atoms with Crippen molar-refractivity contribution in [3.63, 3.8) is 0 Å². The predicted molar refractivity (Wildman–Crippen MR) is 68.6 cm³/mol. The van der Waals surface area contributed by atoms with Gasteiger partial charge in [0.1, 0.15) is 0 Å². The zero-order valence-corrected chi connectivity index (χ0v) is 11.2. The van der Waals surface area contributed by atoms with E-state index >= 15 is 0 Å². The van der Waals surface area contributed by atoms with Crippen LogP contribution in [0.1, 0.15) is 58.1 Å². The Morgan fingerprint density at radius 2 is 2.29 bits per heavy atom. The summed E-state index contributed by atoms with van der Waals surface area (Å²) >= 11 is 0. The molecule has 17 heavy (non-hydrogen) atoms. The van der Waals surface area contributed by atoms with Crippen molar-refractivity contribution in [2.24, 2.45) is 11.3 Å². The van der Waals surface area contributed by atoms with E-state index in [9.17, 15) is 5.11 Å². The minimum Gasteiger partial charge on any atom is -0.388 e. The van der Waals surface area contributed by atoms with Gasteiger partial charge in [0.25, 0.3) is 0 Å². The van der Waals surface area contributed by atoms with E-state index in [0.717, 1.165) is 18.5 Å². The molecule has 1 N–H and O–H groups in total. The highest BCUT2D eigenvalue weighted by molar-refractivity contribution is 5.11. The fourth-order valence-corrected chi connectivity index (χ4v) is 3.04. The number of rotatable bonds is 3. The molecule has 96 valence electrons. The van der Waals surface area contributed by atoms with Gasteiger partial charge in [-0.3, -0.25) is 4.68 Å². The molecule has 2 unspecified atom stereocenters. The largest absolute Gasteiger partial charge is 0.388 e. The summed E-state index contributed by atoms with van der Waals surface area (Å²) in [6.07, 6.45) is 8.33. The molecule has 1 aromatic rings. The maximum atomic E-state index is 10.5. The third-order valence-corrected chi connectivity index (χ3v) is 4.29. The van der Waals surface area contributed by atoms with Crippen LogP contribution in [-0.2, 0) is 6.54 Å². The molecular formula is C14H24N2O. The van der Waals surface area contributed by atoms with Crippen molar-refractivity contribution in [2.45, 2.75) is 59.1 Å². The highest BCUT2D eigenvalue weighted by atomic mass is 16.3. The molecule has 1 saturated carbocycles. The first-order valence-electron chi connectivity index (χ1n) is 6.75. The molecule has 3 heteroatoms. The van der Waals surface area contributed by atoms with Crippen LogP contribution in [0, 0.1) is 11.3 Å². The maximum absolute atomic E-state index is 10.5. The Labute approximate surface area is 104 Å². The van der Waals surface area contributed by atoms with Gasteiger partial charge < -0.3 is 5.11 Å². The average Bonchev–Trinajstić information content (AvgIpc) is 2.76. The number of hydrogen-bond acceptors (Lipinski definition) is 2. The van der Waals surface area contributed by atoms with Crippen molar-refractivity contribution in [3.05, 3.63) is 18.0 Å². The van der Waals surface area contributed by atoms with E-state index in [2.05, 4.69) is 25.9 Å². The minimum atomic E-state index is -0.356. The van der Waals surface area contributed by atoms with Crippen LogP contribution in [0.25, 0.3) is 0 Å². The van der Waals surface area contributed by atoms with Crippen molar-refractivity contribution in [1.82, 2.24) is 9.78 Å². The molecule has 1 aromatic heterocycles. The van der Waals surface area contributed by atoms with Crippen LogP contribution in [0.5, 0.6) is 0 Å². The minimum absolute atomic E-state index is 0.242. The van der Waals surface area contributed by atoms with Gasteiger partial charge in [-0.25, -0.2) is 0 Å². The molecule has 2 atom stereocenters. The second kappa shape index (κ2) is 4.81. The molecule has 3 nitrogen and oxygen atoms in total. The summed E-state index contributed by atoms with van der Waals surface area (Å²) in [7, 11) is 0. The van der Waals surface area contributed by atoms with Gasteiger partial charge >= 0.3 is 0 Å². The predicted octanol–water partition coefficient (Wildman–Crippen LogP) is 3.15. The van der Waals surface area contributed by atoms with Gasteiger partial charge in [-0.1, -0.05) is 26.7 Å². The van der Waals surface area contributed by atoms with Crippen LogP contribution < -0.4 is 0 Å². The Hall–Kier alpha value is -0.830. The lowest BCUT2D eigenvalue weighted by Crippen LogP contribution is -2.32. The Bertz CT molecular complexity index is 370. The highest BCUT2D eigenvalue weighted by Crippen LogP contribution is 2.46. The summed E-state index contributed by atoms with van der Waals surface area (Å²) in [5.74, 6) is 0.366. The molecule has 1 fully saturated rings. The summed E-state index contributed by atoms with van der Waals surface area (Å²) in [4.78, 5) is 0. The van der Waals surface area contributed by atoms with Crippen molar-refractivity contribution >= 4 is 0 Å². The molecule has 0 aromatic carbocycles. The second-order valence-corrected chi connectivity index (χ2v) is 5.92. The standard InChI is InChI=1S/C14H24N2O/c1-4-16-10-11(9-15-16)13(17)12-7-5-6-8-14(12,2)3/h9-10,12-13,17H,4-8H2,1-3H3. The van der Waals surface area contributed by atoms with E-state index < -0.39 is 0 Å². The second-order valence-electron chi connectivity index (χ2n) is 5.92. The fourth-order valence-electron chi connectivity index (χ4n) is 3.04. The Kier molecular flexibility index (Phi) is 3.57. The lowest BCUT2D eigenvalue weighted by atomic mass is 9.66. The lowest BCUT2D eigenvalue weighted by molar-refractivity contribution is 0.00381. The number of aryl methyl sites for hydroxylation is 1. The zero-order valence-electron chi connectivity index (χ0n) is 11.2. The van der Waals surface area contributed by atoms with Crippen LogP contribution >= 0.6 is 0 Å². The van der Waals surface area contributed by atoms with Crippen LogP contribution in [0.2, 0.25) is 0 Å². The van der Waals surface area contributed by atoms with E-state index in [-0.39, 0.29) is 11.5 Å². The molecule has 1 aliphatic carbocycles. The third kappa shape index (κ3) is 2.54. The van der Waals surface area contributed by atoms with Crippen LogP contribution in [0.3, 0.4) is 0 Å².